The Morgan fingerprint density at radius 1 is 1.00 bits per heavy atom. The summed E-state index contributed by atoms with van der Waals surface area (Å²) in [6, 6.07) is 17.5. The molecule has 3 heterocycles. The molecule has 3 aromatic heterocycles. The van der Waals surface area contributed by atoms with Crippen molar-refractivity contribution in [3.05, 3.63) is 99.5 Å². The van der Waals surface area contributed by atoms with Crippen molar-refractivity contribution in [1.29, 1.82) is 0 Å². The van der Waals surface area contributed by atoms with Crippen LogP contribution in [-0.4, -0.2) is 25.3 Å². The predicted molar refractivity (Wildman–Crippen MR) is 109 cm³/mol. The quantitative estimate of drug-likeness (QED) is 0.465. The van der Waals surface area contributed by atoms with Crippen LogP contribution in [0.3, 0.4) is 0 Å². The van der Waals surface area contributed by atoms with Crippen LogP contribution in [-0.2, 0) is 0 Å². The SMILES string of the molecule is O=C(Nn1cnc2c(cnn2-c2ccccc2)c1=O)c1cc2ccccc2oc1=O. The number of hydrogen-bond acceptors (Lipinski definition) is 6. The number of carbonyl (C=O) groups excluding carboxylic acids is 1. The van der Waals surface area contributed by atoms with E-state index in [1.54, 1.807) is 24.3 Å². The summed E-state index contributed by atoms with van der Waals surface area (Å²) < 4.78 is 7.61. The molecule has 0 saturated heterocycles. The van der Waals surface area contributed by atoms with E-state index in [-0.39, 0.29) is 10.9 Å². The predicted octanol–water partition coefficient (Wildman–Crippen LogP) is 2.07. The van der Waals surface area contributed by atoms with E-state index in [1.807, 2.05) is 30.3 Å². The van der Waals surface area contributed by atoms with Gasteiger partial charge in [-0.2, -0.15) is 5.10 Å². The van der Waals surface area contributed by atoms with Crippen LogP contribution in [0, 0.1) is 0 Å². The molecule has 9 heteroatoms. The van der Waals surface area contributed by atoms with E-state index in [0.717, 1.165) is 10.4 Å². The van der Waals surface area contributed by atoms with Gasteiger partial charge in [-0.25, -0.2) is 19.1 Å². The maximum atomic E-state index is 12.8. The minimum Gasteiger partial charge on any atom is -0.422 e. The Labute approximate surface area is 167 Å². The van der Waals surface area contributed by atoms with Crippen LogP contribution in [0.5, 0.6) is 0 Å². The standard InChI is InChI=1S/C21H13N5O4/c27-19(15-10-13-6-4-5-9-17(13)30-21(15)29)24-25-12-22-18-16(20(25)28)11-23-26(18)14-7-2-1-3-8-14/h1-12H,(H,24,27). The van der Waals surface area contributed by atoms with Gasteiger partial charge in [0.15, 0.2) is 5.65 Å². The summed E-state index contributed by atoms with van der Waals surface area (Å²) in [5.74, 6) is -0.784. The lowest BCUT2D eigenvalue weighted by Gasteiger charge is -2.08. The van der Waals surface area contributed by atoms with Crippen LogP contribution in [0.1, 0.15) is 10.4 Å². The van der Waals surface area contributed by atoms with E-state index in [4.69, 9.17) is 4.42 Å². The minimum atomic E-state index is -0.801. The number of amides is 1. The van der Waals surface area contributed by atoms with Crippen LogP contribution >= 0.6 is 0 Å². The second kappa shape index (κ2) is 6.82. The zero-order chi connectivity index (χ0) is 20.7. The topological polar surface area (TPSA) is 112 Å². The van der Waals surface area contributed by atoms with Crippen LogP contribution < -0.4 is 16.6 Å². The molecule has 0 radical (unpaired) electrons. The maximum absolute atomic E-state index is 12.8. The zero-order valence-corrected chi connectivity index (χ0v) is 15.4. The van der Waals surface area contributed by atoms with E-state index in [2.05, 4.69) is 15.5 Å². The smallest absolute Gasteiger partial charge is 0.349 e. The molecule has 9 nitrogen and oxygen atoms in total. The van der Waals surface area contributed by atoms with Gasteiger partial charge < -0.3 is 4.42 Å². The van der Waals surface area contributed by atoms with Gasteiger partial charge in [0.25, 0.3) is 11.5 Å². The second-order valence-corrected chi connectivity index (χ2v) is 6.48. The van der Waals surface area contributed by atoms with Gasteiger partial charge in [0.2, 0.25) is 0 Å². The first kappa shape index (κ1) is 17.6. The lowest BCUT2D eigenvalue weighted by molar-refractivity contribution is 0.100. The lowest BCUT2D eigenvalue weighted by Crippen LogP contribution is -2.35. The Balaban J connectivity index is 1.52. The summed E-state index contributed by atoms with van der Waals surface area (Å²) in [6.07, 6.45) is 2.55. The molecular weight excluding hydrogens is 386 g/mol. The molecular formula is C21H13N5O4. The van der Waals surface area contributed by atoms with Crippen molar-refractivity contribution in [2.24, 2.45) is 0 Å². The summed E-state index contributed by atoms with van der Waals surface area (Å²) in [7, 11) is 0. The highest BCUT2D eigenvalue weighted by molar-refractivity contribution is 6.01. The van der Waals surface area contributed by atoms with Gasteiger partial charge in [0.1, 0.15) is 22.9 Å². The van der Waals surface area contributed by atoms with Crippen molar-refractivity contribution in [1.82, 2.24) is 19.4 Å². The third kappa shape index (κ3) is 2.85. The van der Waals surface area contributed by atoms with Crippen molar-refractivity contribution in [2.45, 2.75) is 0 Å². The highest BCUT2D eigenvalue weighted by Gasteiger charge is 2.17. The molecule has 5 aromatic rings. The molecule has 1 amide bonds. The van der Waals surface area contributed by atoms with Crippen molar-refractivity contribution in [3.8, 4) is 5.69 Å². The largest absolute Gasteiger partial charge is 0.422 e. The van der Waals surface area contributed by atoms with Crippen LogP contribution in [0.4, 0.5) is 0 Å². The highest BCUT2D eigenvalue weighted by atomic mass is 16.4. The first-order valence-corrected chi connectivity index (χ1v) is 8.97. The first-order valence-electron chi connectivity index (χ1n) is 8.97. The van der Waals surface area contributed by atoms with Gasteiger partial charge in [0, 0.05) is 5.39 Å². The van der Waals surface area contributed by atoms with E-state index in [0.29, 0.717) is 16.6 Å². The molecule has 0 aliphatic heterocycles. The van der Waals surface area contributed by atoms with Crippen molar-refractivity contribution in [3.63, 3.8) is 0 Å². The highest BCUT2D eigenvalue weighted by Crippen LogP contribution is 2.14. The number of hydrogen-bond donors (Lipinski definition) is 1. The fourth-order valence-corrected chi connectivity index (χ4v) is 3.14. The molecule has 5 rings (SSSR count). The van der Waals surface area contributed by atoms with Crippen molar-refractivity contribution >= 4 is 27.9 Å². The van der Waals surface area contributed by atoms with Crippen LogP contribution in [0.15, 0.2) is 87.2 Å². The van der Waals surface area contributed by atoms with Gasteiger partial charge in [-0.15, -0.1) is 0 Å². The number of nitrogens with one attached hydrogen (secondary N) is 1. The van der Waals surface area contributed by atoms with E-state index in [1.165, 1.54) is 23.3 Å². The summed E-state index contributed by atoms with van der Waals surface area (Å²) in [5, 5.41) is 5.02. The summed E-state index contributed by atoms with van der Waals surface area (Å²) in [6.45, 7) is 0. The zero-order valence-electron chi connectivity index (χ0n) is 15.4. The average molecular weight is 399 g/mol. The molecule has 0 bridgehead atoms. The van der Waals surface area contributed by atoms with Gasteiger partial charge in [-0.05, 0) is 24.3 Å². The molecule has 0 atom stereocenters. The molecule has 1 N–H and O–H groups in total. The molecule has 146 valence electrons. The molecule has 0 aliphatic rings. The average Bonchev–Trinajstić information content (AvgIpc) is 3.20. The fraction of sp³-hybridized carbons (Fsp3) is 0. The minimum absolute atomic E-state index is 0.215. The number of rotatable bonds is 3. The van der Waals surface area contributed by atoms with E-state index >= 15 is 0 Å². The molecule has 0 aliphatic carbocycles. The Hall–Kier alpha value is -4.53. The van der Waals surface area contributed by atoms with Crippen LogP contribution in [0.2, 0.25) is 0 Å². The summed E-state index contributed by atoms with van der Waals surface area (Å²) in [4.78, 5) is 41.8. The number of para-hydroxylation sites is 2. The number of carbonyl (C=O) groups is 1. The molecule has 0 saturated carbocycles. The van der Waals surface area contributed by atoms with E-state index < -0.39 is 17.1 Å². The second-order valence-electron chi connectivity index (χ2n) is 6.48. The number of fused-ring (bicyclic) bond motifs is 2. The molecule has 0 spiro atoms. The van der Waals surface area contributed by atoms with Gasteiger partial charge >= 0.3 is 5.63 Å². The van der Waals surface area contributed by atoms with E-state index in [9.17, 15) is 14.4 Å². The first-order chi connectivity index (χ1) is 14.6. The number of benzene rings is 2. The van der Waals surface area contributed by atoms with Crippen molar-refractivity contribution < 1.29 is 9.21 Å². The summed E-state index contributed by atoms with van der Waals surface area (Å²) in [5.41, 5.74) is 2.29. The fourth-order valence-electron chi connectivity index (χ4n) is 3.14. The van der Waals surface area contributed by atoms with Crippen LogP contribution in [0.25, 0.3) is 27.7 Å². The number of nitrogens with zero attached hydrogens (tertiary/aromatic N) is 4. The Morgan fingerprint density at radius 3 is 2.60 bits per heavy atom. The Bertz CT molecular complexity index is 1530. The van der Waals surface area contributed by atoms with Gasteiger partial charge in [-0.3, -0.25) is 15.0 Å². The third-order valence-corrected chi connectivity index (χ3v) is 4.60. The van der Waals surface area contributed by atoms with Crippen molar-refractivity contribution in [2.75, 3.05) is 5.43 Å². The molecule has 0 fully saturated rings. The molecule has 0 unspecified atom stereocenters. The van der Waals surface area contributed by atoms with Gasteiger partial charge in [0.05, 0.1) is 11.9 Å². The summed E-state index contributed by atoms with van der Waals surface area (Å²) >= 11 is 0. The molecule has 30 heavy (non-hydrogen) atoms. The third-order valence-electron chi connectivity index (χ3n) is 4.60. The monoisotopic (exact) mass is 399 g/mol. The Kier molecular flexibility index (Phi) is 3.99. The normalized spacial score (nSPS) is 11.1. The Morgan fingerprint density at radius 2 is 1.77 bits per heavy atom. The maximum Gasteiger partial charge on any atom is 0.349 e. The lowest BCUT2D eigenvalue weighted by atomic mass is 10.2. The molecule has 2 aromatic carbocycles. The van der Waals surface area contributed by atoms with Gasteiger partial charge in [-0.1, -0.05) is 36.4 Å². The number of aromatic nitrogens is 4.